The molecule has 4 heterocycles. The molecule has 0 unspecified atom stereocenters. The average molecular weight is 412 g/mol. The highest BCUT2D eigenvalue weighted by molar-refractivity contribution is 5.87. The molecule has 1 N–H and O–H groups in total. The maximum atomic E-state index is 14.0. The Morgan fingerprint density at radius 1 is 1.03 bits per heavy atom. The zero-order valence-electron chi connectivity index (χ0n) is 17.0. The van der Waals surface area contributed by atoms with E-state index in [-0.39, 0.29) is 16.7 Å². The summed E-state index contributed by atoms with van der Waals surface area (Å²) in [6.07, 6.45) is 0. The monoisotopic (exact) mass is 412 g/mol. The van der Waals surface area contributed by atoms with Gasteiger partial charge in [0.25, 0.3) is 5.56 Å². The van der Waals surface area contributed by atoms with Crippen molar-refractivity contribution in [1.82, 2.24) is 24.3 Å². The Hall–Kier alpha value is -3.07. The number of anilines is 1. The fourth-order valence-corrected chi connectivity index (χ4v) is 4.47. The number of aryl methyl sites for hydroxylation is 1. The van der Waals surface area contributed by atoms with Gasteiger partial charge in [-0.25, -0.2) is 18.7 Å². The highest BCUT2D eigenvalue weighted by atomic mass is 19.2. The fourth-order valence-electron chi connectivity index (χ4n) is 4.47. The molecule has 0 saturated carbocycles. The minimum atomic E-state index is -0.997. The van der Waals surface area contributed by atoms with Crippen LogP contribution in [-0.4, -0.2) is 44.1 Å². The molecule has 0 spiro atoms. The molecule has 0 radical (unpaired) electrons. The standard InChI is InChI=1S/C21H22F2N6O/c1-4-28-16-5-6-18(27-9-11(2)24-12(3)10-27)26-19(16)29-17-8-14(23)13(22)7-15(17)25-20(29)21(28)30/h5-8,11-12,24H,4,9-10H2,1-3H3/t11-,12+. The van der Waals surface area contributed by atoms with Crippen molar-refractivity contribution in [2.75, 3.05) is 18.0 Å². The average Bonchev–Trinajstić information content (AvgIpc) is 3.06. The number of rotatable bonds is 2. The van der Waals surface area contributed by atoms with Crippen LogP contribution >= 0.6 is 0 Å². The zero-order chi connectivity index (χ0) is 21.2. The fraction of sp³-hybridized carbons (Fsp3) is 0.381. The Labute approximate surface area is 170 Å². The molecule has 1 aliphatic rings. The van der Waals surface area contributed by atoms with Crippen LogP contribution in [-0.2, 0) is 6.54 Å². The molecule has 7 nitrogen and oxygen atoms in total. The normalized spacial score (nSPS) is 20.0. The van der Waals surface area contributed by atoms with Crippen molar-refractivity contribution < 1.29 is 8.78 Å². The Balaban J connectivity index is 1.85. The van der Waals surface area contributed by atoms with Crippen LogP contribution in [0.5, 0.6) is 0 Å². The Bertz CT molecular complexity index is 1350. The first-order valence-corrected chi connectivity index (χ1v) is 10.1. The number of pyridine rings is 1. The first-order valence-electron chi connectivity index (χ1n) is 10.1. The van der Waals surface area contributed by atoms with Crippen LogP contribution in [0.2, 0.25) is 0 Å². The molecular formula is C21H22F2N6O. The van der Waals surface area contributed by atoms with Crippen molar-refractivity contribution in [3.8, 4) is 0 Å². The summed E-state index contributed by atoms with van der Waals surface area (Å²) in [5.41, 5.74) is 1.45. The van der Waals surface area contributed by atoms with E-state index in [4.69, 9.17) is 4.98 Å². The highest BCUT2D eigenvalue weighted by Crippen LogP contribution is 2.25. The number of aromatic nitrogens is 4. The molecule has 1 aliphatic heterocycles. The number of benzene rings is 1. The predicted molar refractivity (Wildman–Crippen MR) is 112 cm³/mol. The van der Waals surface area contributed by atoms with Crippen LogP contribution in [0.15, 0.2) is 29.1 Å². The van der Waals surface area contributed by atoms with Gasteiger partial charge >= 0.3 is 0 Å². The number of nitrogens with zero attached hydrogens (tertiary/aromatic N) is 5. The molecule has 0 bridgehead atoms. The predicted octanol–water partition coefficient (Wildman–Crippen LogP) is 2.68. The number of nitrogens with one attached hydrogen (secondary N) is 1. The third-order valence-electron chi connectivity index (χ3n) is 5.67. The van der Waals surface area contributed by atoms with Gasteiger partial charge in [-0.15, -0.1) is 0 Å². The van der Waals surface area contributed by atoms with Gasteiger partial charge in [-0.3, -0.25) is 9.20 Å². The lowest BCUT2D eigenvalue weighted by molar-refractivity contribution is 0.405. The van der Waals surface area contributed by atoms with E-state index in [2.05, 4.69) is 29.0 Å². The van der Waals surface area contributed by atoms with Crippen molar-refractivity contribution >= 4 is 33.7 Å². The minimum Gasteiger partial charge on any atom is -0.353 e. The van der Waals surface area contributed by atoms with Crippen molar-refractivity contribution in [1.29, 1.82) is 0 Å². The third-order valence-corrected chi connectivity index (χ3v) is 5.67. The molecule has 1 aromatic carbocycles. The summed E-state index contributed by atoms with van der Waals surface area (Å²) in [6.45, 7) is 8.13. The molecule has 1 saturated heterocycles. The smallest absolute Gasteiger partial charge is 0.294 e. The lowest BCUT2D eigenvalue weighted by Gasteiger charge is -2.37. The van der Waals surface area contributed by atoms with E-state index in [1.54, 1.807) is 8.97 Å². The van der Waals surface area contributed by atoms with Gasteiger partial charge in [-0.1, -0.05) is 0 Å². The second-order valence-electron chi connectivity index (χ2n) is 7.96. The molecule has 3 aromatic heterocycles. The first kappa shape index (κ1) is 18.9. The maximum Gasteiger partial charge on any atom is 0.294 e. The van der Waals surface area contributed by atoms with E-state index < -0.39 is 11.6 Å². The summed E-state index contributed by atoms with van der Waals surface area (Å²) in [6, 6.07) is 6.48. The maximum absolute atomic E-state index is 14.0. The summed E-state index contributed by atoms with van der Waals surface area (Å²) >= 11 is 0. The van der Waals surface area contributed by atoms with E-state index in [1.165, 1.54) is 0 Å². The highest BCUT2D eigenvalue weighted by Gasteiger charge is 2.24. The van der Waals surface area contributed by atoms with Crippen LogP contribution < -0.4 is 15.8 Å². The SMILES string of the molecule is CCn1c(=O)c2nc3cc(F)c(F)cc3n2c2nc(N3C[C@@H](C)N[C@@H](C)C3)ccc21. The van der Waals surface area contributed by atoms with Crippen LogP contribution in [0.25, 0.3) is 27.8 Å². The number of fused-ring (bicyclic) bond motifs is 5. The van der Waals surface area contributed by atoms with Gasteiger partial charge in [0, 0.05) is 43.9 Å². The van der Waals surface area contributed by atoms with E-state index in [1.807, 2.05) is 19.1 Å². The van der Waals surface area contributed by atoms with Crippen LogP contribution in [0.1, 0.15) is 20.8 Å². The van der Waals surface area contributed by atoms with E-state index in [9.17, 15) is 13.6 Å². The summed E-state index contributed by atoms with van der Waals surface area (Å²) in [5, 5.41) is 3.50. The summed E-state index contributed by atoms with van der Waals surface area (Å²) < 4.78 is 30.9. The quantitative estimate of drug-likeness (QED) is 0.548. The molecule has 9 heteroatoms. The molecule has 5 rings (SSSR count). The zero-order valence-corrected chi connectivity index (χ0v) is 17.0. The van der Waals surface area contributed by atoms with Crippen molar-refractivity contribution in [3.63, 3.8) is 0 Å². The van der Waals surface area contributed by atoms with Crippen molar-refractivity contribution in [2.45, 2.75) is 39.4 Å². The molecule has 4 aromatic rings. The van der Waals surface area contributed by atoms with Crippen molar-refractivity contribution in [2.24, 2.45) is 0 Å². The second kappa shape index (κ2) is 6.73. The van der Waals surface area contributed by atoms with Crippen LogP contribution in [0, 0.1) is 11.6 Å². The summed E-state index contributed by atoms with van der Waals surface area (Å²) in [4.78, 5) is 24.4. The van der Waals surface area contributed by atoms with Gasteiger partial charge < -0.3 is 14.8 Å². The molecule has 0 amide bonds. The largest absolute Gasteiger partial charge is 0.353 e. The number of hydrogen-bond donors (Lipinski definition) is 1. The Morgan fingerprint density at radius 2 is 1.73 bits per heavy atom. The van der Waals surface area contributed by atoms with Crippen LogP contribution in [0.3, 0.4) is 0 Å². The number of imidazole rings is 1. The number of halogens is 2. The van der Waals surface area contributed by atoms with E-state index in [0.29, 0.717) is 35.3 Å². The molecule has 2 atom stereocenters. The van der Waals surface area contributed by atoms with Crippen LogP contribution in [0.4, 0.5) is 14.6 Å². The van der Waals surface area contributed by atoms with E-state index >= 15 is 0 Å². The topological polar surface area (TPSA) is 67.5 Å². The summed E-state index contributed by atoms with van der Waals surface area (Å²) in [7, 11) is 0. The first-order chi connectivity index (χ1) is 14.4. The second-order valence-corrected chi connectivity index (χ2v) is 7.96. The molecular weight excluding hydrogens is 390 g/mol. The molecule has 156 valence electrons. The number of piperazine rings is 1. The molecule has 0 aliphatic carbocycles. The lowest BCUT2D eigenvalue weighted by Crippen LogP contribution is -2.54. The van der Waals surface area contributed by atoms with Gasteiger partial charge in [0.1, 0.15) is 5.82 Å². The lowest BCUT2D eigenvalue weighted by atomic mass is 10.1. The van der Waals surface area contributed by atoms with E-state index in [0.717, 1.165) is 31.0 Å². The Morgan fingerprint density at radius 3 is 2.43 bits per heavy atom. The molecule has 30 heavy (non-hydrogen) atoms. The molecule has 1 fully saturated rings. The Kier molecular flexibility index (Phi) is 4.25. The van der Waals surface area contributed by atoms with Gasteiger partial charge in [0.15, 0.2) is 17.3 Å². The van der Waals surface area contributed by atoms with Gasteiger partial charge in [0.05, 0.1) is 16.6 Å². The minimum absolute atomic E-state index is 0.107. The van der Waals surface area contributed by atoms with Gasteiger partial charge in [-0.05, 0) is 32.9 Å². The third kappa shape index (κ3) is 2.76. The summed E-state index contributed by atoms with van der Waals surface area (Å²) in [5.74, 6) is -1.21. The van der Waals surface area contributed by atoms with Gasteiger partial charge in [-0.2, -0.15) is 0 Å². The number of hydrogen-bond acceptors (Lipinski definition) is 5. The van der Waals surface area contributed by atoms with Gasteiger partial charge in [0.2, 0.25) is 5.65 Å². The van der Waals surface area contributed by atoms with Crippen molar-refractivity contribution in [3.05, 3.63) is 46.3 Å².